The van der Waals surface area contributed by atoms with Crippen LogP contribution in [-0.2, 0) is 6.42 Å². The number of hydrogen-bond acceptors (Lipinski definition) is 6. The Morgan fingerprint density at radius 3 is 2.75 bits per heavy atom. The monoisotopic (exact) mass is 392 g/mol. The number of hydrogen-bond donors (Lipinski definition) is 1. The number of rotatable bonds is 5. The van der Waals surface area contributed by atoms with Gasteiger partial charge in [0.15, 0.2) is 5.13 Å². The average molecular weight is 392 g/mol. The molecule has 6 nitrogen and oxygen atoms in total. The summed E-state index contributed by atoms with van der Waals surface area (Å²) in [6.07, 6.45) is 2.41. The Labute approximate surface area is 164 Å². The smallest absolute Gasteiger partial charge is 0.349 e. The van der Waals surface area contributed by atoms with Gasteiger partial charge < -0.3 is 9.15 Å². The second-order valence-corrected chi connectivity index (χ2v) is 7.21. The second kappa shape index (κ2) is 7.66. The van der Waals surface area contributed by atoms with Crippen molar-refractivity contribution in [3.8, 4) is 5.75 Å². The van der Waals surface area contributed by atoms with Crippen molar-refractivity contribution in [2.45, 2.75) is 6.42 Å². The number of carbonyl (C=O) groups is 1. The zero-order valence-corrected chi connectivity index (χ0v) is 15.8. The summed E-state index contributed by atoms with van der Waals surface area (Å²) >= 11 is 1.36. The van der Waals surface area contributed by atoms with E-state index in [2.05, 4.69) is 10.3 Å². The molecule has 1 amide bonds. The zero-order valence-electron chi connectivity index (χ0n) is 15.0. The molecule has 0 spiro atoms. The van der Waals surface area contributed by atoms with Gasteiger partial charge in [-0.2, -0.15) is 0 Å². The molecule has 0 radical (unpaired) electrons. The van der Waals surface area contributed by atoms with Crippen LogP contribution in [0.25, 0.3) is 11.0 Å². The molecule has 0 saturated heterocycles. The quantitative estimate of drug-likeness (QED) is 0.517. The van der Waals surface area contributed by atoms with E-state index in [1.807, 2.05) is 30.3 Å². The molecule has 0 aliphatic rings. The molecule has 0 atom stereocenters. The van der Waals surface area contributed by atoms with E-state index in [0.717, 1.165) is 16.2 Å². The number of methoxy groups -OCH3 is 1. The third-order valence-corrected chi connectivity index (χ3v) is 5.11. The summed E-state index contributed by atoms with van der Waals surface area (Å²) in [5.41, 5.74) is 0.828. The molecule has 0 aliphatic carbocycles. The SMILES string of the molecule is COc1ccc(Cc2cnc(NC(=O)c3cc4ccccc4oc3=O)s2)cc1. The Morgan fingerprint density at radius 2 is 1.96 bits per heavy atom. The number of nitrogens with one attached hydrogen (secondary N) is 1. The number of fused-ring (bicyclic) bond motifs is 1. The predicted octanol–water partition coefficient (Wildman–Crippen LogP) is 4.10. The molecule has 1 N–H and O–H groups in total. The van der Waals surface area contributed by atoms with Gasteiger partial charge in [-0.05, 0) is 29.8 Å². The number of para-hydroxylation sites is 1. The van der Waals surface area contributed by atoms with Crippen molar-refractivity contribution in [2.24, 2.45) is 0 Å². The number of benzene rings is 2. The molecule has 140 valence electrons. The minimum Gasteiger partial charge on any atom is -0.497 e. The molecule has 7 heteroatoms. The Bertz CT molecular complexity index is 1190. The lowest BCUT2D eigenvalue weighted by atomic mass is 10.1. The second-order valence-electron chi connectivity index (χ2n) is 6.10. The molecule has 0 saturated carbocycles. The molecule has 4 rings (SSSR count). The third kappa shape index (κ3) is 3.79. The van der Waals surface area contributed by atoms with Gasteiger partial charge in [0.05, 0.1) is 7.11 Å². The Morgan fingerprint density at radius 1 is 1.18 bits per heavy atom. The molecule has 2 aromatic carbocycles. The Hall–Kier alpha value is -3.45. The van der Waals surface area contributed by atoms with Crippen LogP contribution in [0.15, 0.2) is 70.0 Å². The van der Waals surface area contributed by atoms with Crippen molar-refractivity contribution >= 4 is 33.3 Å². The summed E-state index contributed by atoms with van der Waals surface area (Å²) in [6, 6.07) is 16.4. The first-order chi connectivity index (χ1) is 13.6. The highest BCUT2D eigenvalue weighted by Crippen LogP contribution is 2.23. The number of anilines is 1. The summed E-state index contributed by atoms with van der Waals surface area (Å²) in [4.78, 5) is 29.8. The van der Waals surface area contributed by atoms with Crippen molar-refractivity contribution in [3.05, 3.63) is 87.2 Å². The molecule has 0 fully saturated rings. The topological polar surface area (TPSA) is 81.4 Å². The molecule has 0 bridgehead atoms. The number of ether oxygens (including phenoxy) is 1. The van der Waals surface area contributed by atoms with Crippen LogP contribution >= 0.6 is 11.3 Å². The van der Waals surface area contributed by atoms with Crippen molar-refractivity contribution in [2.75, 3.05) is 12.4 Å². The molecule has 4 aromatic rings. The highest BCUT2D eigenvalue weighted by atomic mass is 32.1. The van der Waals surface area contributed by atoms with Gasteiger partial charge in [0, 0.05) is 22.9 Å². The van der Waals surface area contributed by atoms with Gasteiger partial charge in [-0.1, -0.05) is 30.3 Å². The van der Waals surface area contributed by atoms with Gasteiger partial charge >= 0.3 is 5.63 Å². The van der Waals surface area contributed by atoms with Crippen LogP contribution in [0.5, 0.6) is 5.75 Å². The Balaban J connectivity index is 1.49. The third-order valence-electron chi connectivity index (χ3n) is 4.20. The first-order valence-electron chi connectivity index (χ1n) is 8.54. The summed E-state index contributed by atoms with van der Waals surface area (Å²) < 4.78 is 10.4. The minimum absolute atomic E-state index is 0.0504. The van der Waals surface area contributed by atoms with E-state index in [9.17, 15) is 9.59 Å². The number of carbonyl (C=O) groups excluding carboxylic acids is 1. The van der Waals surface area contributed by atoms with E-state index in [0.29, 0.717) is 22.5 Å². The van der Waals surface area contributed by atoms with E-state index >= 15 is 0 Å². The van der Waals surface area contributed by atoms with Crippen LogP contribution in [0.2, 0.25) is 0 Å². The lowest BCUT2D eigenvalue weighted by Crippen LogP contribution is -2.20. The first kappa shape index (κ1) is 17.9. The number of aromatic nitrogens is 1. The van der Waals surface area contributed by atoms with Crippen LogP contribution in [0, 0.1) is 0 Å². The lowest BCUT2D eigenvalue weighted by molar-refractivity contribution is 0.102. The maximum atomic E-state index is 12.5. The van der Waals surface area contributed by atoms with Crippen molar-refractivity contribution in [3.63, 3.8) is 0 Å². The van der Waals surface area contributed by atoms with Crippen LogP contribution in [0.4, 0.5) is 5.13 Å². The van der Waals surface area contributed by atoms with Gasteiger partial charge in [-0.15, -0.1) is 11.3 Å². The van der Waals surface area contributed by atoms with Crippen LogP contribution < -0.4 is 15.7 Å². The molecular formula is C21H16N2O4S. The maximum absolute atomic E-state index is 12.5. The average Bonchev–Trinajstić information content (AvgIpc) is 3.14. The van der Waals surface area contributed by atoms with E-state index in [1.165, 1.54) is 17.4 Å². The highest BCUT2D eigenvalue weighted by Gasteiger charge is 2.15. The maximum Gasteiger partial charge on any atom is 0.349 e. The van der Waals surface area contributed by atoms with Gasteiger partial charge in [0.25, 0.3) is 5.91 Å². The summed E-state index contributed by atoms with van der Waals surface area (Å²) in [5, 5.41) is 3.79. The van der Waals surface area contributed by atoms with E-state index in [1.54, 1.807) is 31.5 Å². The molecule has 0 unspecified atom stereocenters. The van der Waals surface area contributed by atoms with Crippen LogP contribution in [0.1, 0.15) is 20.8 Å². The van der Waals surface area contributed by atoms with E-state index in [4.69, 9.17) is 9.15 Å². The molecule has 2 heterocycles. The van der Waals surface area contributed by atoms with Gasteiger partial charge in [0.2, 0.25) is 0 Å². The standard InChI is InChI=1S/C21H16N2O4S/c1-26-15-8-6-13(7-9-15)10-16-12-22-21(28-16)23-19(24)17-11-14-4-2-3-5-18(14)27-20(17)25/h2-9,11-12H,10H2,1H3,(H,22,23,24). The van der Waals surface area contributed by atoms with Crippen molar-refractivity contribution in [1.29, 1.82) is 0 Å². The fourth-order valence-corrected chi connectivity index (χ4v) is 3.62. The summed E-state index contributed by atoms with van der Waals surface area (Å²) in [5.74, 6) is 0.264. The van der Waals surface area contributed by atoms with E-state index in [-0.39, 0.29) is 5.56 Å². The van der Waals surface area contributed by atoms with Crippen molar-refractivity contribution in [1.82, 2.24) is 4.98 Å². The normalized spacial score (nSPS) is 10.8. The number of thiazole rings is 1. The fraction of sp³-hybridized carbons (Fsp3) is 0.0952. The number of amides is 1. The predicted molar refractivity (Wildman–Crippen MR) is 108 cm³/mol. The molecule has 0 aliphatic heterocycles. The molecule has 2 aromatic heterocycles. The summed E-state index contributed by atoms with van der Waals surface area (Å²) in [6.45, 7) is 0. The first-order valence-corrected chi connectivity index (χ1v) is 9.36. The lowest BCUT2D eigenvalue weighted by Gasteiger charge is -2.02. The largest absolute Gasteiger partial charge is 0.497 e. The van der Waals surface area contributed by atoms with Gasteiger partial charge in [-0.3, -0.25) is 10.1 Å². The van der Waals surface area contributed by atoms with Crippen molar-refractivity contribution < 1.29 is 13.9 Å². The zero-order chi connectivity index (χ0) is 19.5. The number of nitrogens with zero attached hydrogens (tertiary/aromatic N) is 1. The van der Waals surface area contributed by atoms with Crippen LogP contribution in [-0.4, -0.2) is 18.0 Å². The van der Waals surface area contributed by atoms with Crippen LogP contribution in [0.3, 0.4) is 0 Å². The molecule has 28 heavy (non-hydrogen) atoms. The highest BCUT2D eigenvalue weighted by molar-refractivity contribution is 7.15. The molecular weight excluding hydrogens is 376 g/mol. The minimum atomic E-state index is -0.675. The van der Waals surface area contributed by atoms with Gasteiger partial charge in [0.1, 0.15) is 16.9 Å². The Kier molecular flexibility index (Phi) is 4.90. The summed E-state index contributed by atoms with van der Waals surface area (Å²) in [7, 11) is 1.63. The van der Waals surface area contributed by atoms with E-state index < -0.39 is 11.5 Å². The van der Waals surface area contributed by atoms with Gasteiger partial charge in [-0.25, -0.2) is 9.78 Å². The fourth-order valence-electron chi connectivity index (χ4n) is 2.78.